The van der Waals surface area contributed by atoms with Crippen LogP contribution in [-0.4, -0.2) is 38.4 Å². The molecule has 118 valence electrons. The summed E-state index contributed by atoms with van der Waals surface area (Å²) >= 11 is 0. The lowest BCUT2D eigenvalue weighted by Gasteiger charge is -2.27. The van der Waals surface area contributed by atoms with Gasteiger partial charge < -0.3 is 20.1 Å². The summed E-state index contributed by atoms with van der Waals surface area (Å²) in [4.78, 5) is 0. The highest BCUT2D eigenvalue weighted by Gasteiger charge is 2.17. The first-order chi connectivity index (χ1) is 10.1. The fourth-order valence-corrected chi connectivity index (χ4v) is 2.49. The summed E-state index contributed by atoms with van der Waals surface area (Å²) in [6, 6.07) is 8.97. The monoisotopic (exact) mass is 292 g/mol. The van der Waals surface area contributed by atoms with Crippen molar-refractivity contribution in [2.45, 2.75) is 39.3 Å². The highest BCUT2D eigenvalue weighted by Crippen LogP contribution is 2.25. The van der Waals surface area contributed by atoms with Crippen molar-refractivity contribution < 1.29 is 9.47 Å². The van der Waals surface area contributed by atoms with Crippen LogP contribution in [0, 0.1) is 5.92 Å². The van der Waals surface area contributed by atoms with E-state index in [1.165, 1.54) is 0 Å². The van der Waals surface area contributed by atoms with Crippen molar-refractivity contribution in [2.24, 2.45) is 5.92 Å². The third-order valence-electron chi connectivity index (χ3n) is 3.50. The molecule has 2 N–H and O–H groups in total. The molecule has 1 saturated heterocycles. The van der Waals surface area contributed by atoms with Crippen molar-refractivity contribution in [1.82, 2.24) is 5.32 Å². The maximum absolute atomic E-state index is 5.89. The van der Waals surface area contributed by atoms with Gasteiger partial charge in [0.15, 0.2) is 0 Å². The van der Waals surface area contributed by atoms with E-state index < -0.39 is 0 Å². The number of rotatable bonds is 7. The molecule has 0 aliphatic carbocycles. The van der Waals surface area contributed by atoms with E-state index >= 15 is 0 Å². The van der Waals surface area contributed by atoms with E-state index in [4.69, 9.17) is 9.47 Å². The zero-order valence-electron chi connectivity index (χ0n) is 13.4. The summed E-state index contributed by atoms with van der Waals surface area (Å²) in [5.74, 6) is 1.46. The lowest BCUT2D eigenvalue weighted by Crippen LogP contribution is -2.43. The molecule has 1 heterocycles. The van der Waals surface area contributed by atoms with E-state index in [0.717, 1.165) is 44.2 Å². The Hall–Kier alpha value is -1.26. The quantitative estimate of drug-likeness (QED) is 0.811. The molecule has 0 saturated carbocycles. The smallest absolute Gasteiger partial charge is 0.142 e. The number of nitrogens with one attached hydrogen (secondary N) is 2. The van der Waals surface area contributed by atoms with Gasteiger partial charge in [0.1, 0.15) is 5.75 Å². The van der Waals surface area contributed by atoms with Gasteiger partial charge in [-0.1, -0.05) is 26.0 Å². The Balaban J connectivity index is 1.88. The molecular weight excluding hydrogens is 264 g/mol. The number of morpholine rings is 1. The van der Waals surface area contributed by atoms with Gasteiger partial charge in [-0.3, -0.25) is 0 Å². The SMILES string of the molecule is CC(C)COc1ccccc1NC(C)CC1COCCN1. The average molecular weight is 292 g/mol. The van der Waals surface area contributed by atoms with Crippen LogP contribution in [-0.2, 0) is 4.74 Å². The van der Waals surface area contributed by atoms with Crippen LogP contribution in [0.3, 0.4) is 0 Å². The lowest BCUT2D eigenvalue weighted by molar-refractivity contribution is 0.0731. The number of para-hydroxylation sites is 2. The topological polar surface area (TPSA) is 42.5 Å². The van der Waals surface area contributed by atoms with Gasteiger partial charge >= 0.3 is 0 Å². The maximum atomic E-state index is 5.89. The van der Waals surface area contributed by atoms with Crippen LogP contribution < -0.4 is 15.4 Å². The Labute approximate surface area is 128 Å². The zero-order valence-corrected chi connectivity index (χ0v) is 13.4. The second kappa shape index (κ2) is 8.25. The van der Waals surface area contributed by atoms with Crippen molar-refractivity contribution in [3.63, 3.8) is 0 Å². The third kappa shape index (κ3) is 5.56. The fraction of sp³-hybridized carbons (Fsp3) is 0.647. The van der Waals surface area contributed by atoms with Crippen molar-refractivity contribution >= 4 is 5.69 Å². The molecule has 4 heteroatoms. The van der Waals surface area contributed by atoms with E-state index in [1.807, 2.05) is 18.2 Å². The summed E-state index contributed by atoms with van der Waals surface area (Å²) in [6.07, 6.45) is 1.04. The lowest BCUT2D eigenvalue weighted by atomic mass is 10.1. The molecule has 2 rings (SSSR count). The molecule has 2 unspecified atom stereocenters. The van der Waals surface area contributed by atoms with Crippen LogP contribution in [0.15, 0.2) is 24.3 Å². The van der Waals surface area contributed by atoms with Gasteiger partial charge in [-0.15, -0.1) is 0 Å². The van der Waals surface area contributed by atoms with Gasteiger partial charge in [-0.05, 0) is 31.4 Å². The standard InChI is InChI=1S/C17H28N2O2/c1-13(2)11-21-17-7-5-4-6-16(17)19-14(3)10-15-12-20-9-8-18-15/h4-7,13-15,18-19H,8-12H2,1-3H3. The second-order valence-electron chi connectivity index (χ2n) is 6.21. The second-order valence-corrected chi connectivity index (χ2v) is 6.21. The van der Waals surface area contributed by atoms with Crippen LogP contribution in [0.5, 0.6) is 5.75 Å². The molecule has 1 aliphatic heterocycles. The third-order valence-corrected chi connectivity index (χ3v) is 3.50. The van der Waals surface area contributed by atoms with Crippen LogP contribution in [0.2, 0.25) is 0 Å². The summed E-state index contributed by atoms with van der Waals surface area (Å²) < 4.78 is 11.4. The van der Waals surface area contributed by atoms with Crippen molar-refractivity contribution in [3.8, 4) is 5.75 Å². The van der Waals surface area contributed by atoms with E-state index in [-0.39, 0.29) is 0 Å². The molecule has 0 bridgehead atoms. The number of benzene rings is 1. The Kier molecular flexibility index (Phi) is 6.33. The number of ether oxygens (including phenoxy) is 2. The molecule has 0 radical (unpaired) electrons. The first-order valence-electron chi connectivity index (χ1n) is 7.94. The van der Waals surface area contributed by atoms with Gasteiger partial charge in [0.25, 0.3) is 0 Å². The van der Waals surface area contributed by atoms with Gasteiger partial charge in [-0.2, -0.15) is 0 Å². The Morgan fingerprint density at radius 2 is 2.14 bits per heavy atom. The minimum Gasteiger partial charge on any atom is -0.491 e. The molecule has 21 heavy (non-hydrogen) atoms. The number of hydrogen-bond acceptors (Lipinski definition) is 4. The van der Waals surface area contributed by atoms with E-state index in [9.17, 15) is 0 Å². The summed E-state index contributed by atoms with van der Waals surface area (Å²) in [5.41, 5.74) is 1.07. The number of hydrogen-bond donors (Lipinski definition) is 2. The van der Waals surface area contributed by atoms with E-state index in [2.05, 4.69) is 37.5 Å². The van der Waals surface area contributed by atoms with Crippen molar-refractivity contribution in [3.05, 3.63) is 24.3 Å². The molecule has 2 atom stereocenters. The van der Waals surface area contributed by atoms with Crippen LogP contribution in [0.4, 0.5) is 5.69 Å². The fourth-order valence-electron chi connectivity index (χ4n) is 2.49. The summed E-state index contributed by atoms with van der Waals surface area (Å²) in [6.45, 7) is 9.84. The first-order valence-corrected chi connectivity index (χ1v) is 7.94. The zero-order chi connectivity index (χ0) is 15.1. The highest BCUT2D eigenvalue weighted by molar-refractivity contribution is 5.56. The number of anilines is 1. The molecule has 0 aromatic heterocycles. The van der Waals surface area contributed by atoms with Gasteiger partial charge in [-0.25, -0.2) is 0 Å². The molecule has 1 aromatic rings. The predicted molar refractivity (Wildman–Crippen MR) is 87.1 cm³/mol. The van der Waals surface area contributed by atoms with Crippen LogP contribution in [0.25, 0.3) is 0 Å². The summed E-state index contributed by atoms with van der Waals surface area (Å²) in [5, 5.41) is 7.06. The molecule has 1 aliphatic rings. The predicted octanol–water partition coefficient (Wildman–Crippen LogP) is 2.90. The van der Waals surface area contributed by atoms with Crippen molar-refractivity contribution in [1.29, 1.82) is 0 Å². The van der Waals surface area contributed by atoms with Gasteiger partial charge in [0.2, 0.25) is 0 Å². The molecule has 0 amide bonds. The van der Waals surface area contributed by atoms with E-state index in [0.29, 0.717) is 18.0 Å². The summed E-state index contributed by atoms with van der Waals surface area (Å²) in [7, 11) is 0. The molecule has 1 fully saturated rings. The van der Waals surface area contributed by atoms with Crippen LogP contribution in [0.1, 0.15) is 27.2 Å². The van der Waals surface area contributed by atoms with Crippen molar-refractivity contribution in [2.75, 3.05) is 31.7 Å². The minimum absolute atomic E-state index is 0.369. The largest absolute Gasteiger partial charge is 0.491 e. The average Bonchev–Trinajstić information content (AvgIpc) is 2.47. The minimum atomic E-state index is 0.369. The van der Waals surface area contributed by atoms with E-state index in [1.54, 1.807) is 0 Å². The highest BCUT2D eigenvalue weighted by atomic mass is 16.5. The Morgan fingerprint density at radius 3 is 2.86 bits per heavy atom. The maximum Gasteiger partial charge on any atom is 0.142 e. The first kappa shape index (κ1) is 16.1. The Morgan fingerprint density at radius 1 is 1.33 bits per heavy atom. The molecule has 0 spiro atoms. The molecular formula is C17H28N2O2. The van der Waals surface area contributed by atoms with Gasteiger partial charge in [0.05, 0.1) is 25.5 Å². The normalized spacial score (nSPS) is 20.3. The molecule has 1 aromatic carbocycles. The molecule has 4 nitrogen and oxygen atoms in total. The Bertz CT molecular complexity index is 417. The van der Waals surface area contributed by atoms with Gasteiger partial charge in [0, 0.05) is 18.6 Å². The van der Waals surface area contributed by atoms with Crippen LogP contribution >= 0.6 is 0 Å².